The normalized spacial score (nSPS) is 15.4. The second-order valence-corrected chi connectivity index (χ2v) is 7.59. The summed E-state index contributed by atoms with van der Waals surface area (Å²) in [6.45, 7) is 4.11. The number of thiocarbonyl (C=S) groups is 1. The van der Waals surface area contributed by atoms with Crippen LogP contribution >= 0.6 is 24.0 Å². The third kappa shape index (κ3) is 4.27. The number of benzene rings is 2. The lowest BCUT2D eigenvalue weighted by atomic mass is 10.1. The van der Waals surface area contributed by atoms with E-state index in [1.165, 1.54) is 0 Å². The van der Waals surface area contributed by atoms with Crippen molar-refractivity contribution >= 4 is 45.7 Å². The summed E-state index contributed by atoms with van der Waals surface area (Å²) in [4.78, 5) is 16.8. The molecule has 1 heterocycles. The Bertz CT molecular complexity index is 832. The molecule has 128 valence electrons. The number of thioether (sulfide) groups is 1. The molecule has 0 fully saturated rings. The monoisotopic (exact) mass is 369 g/mol. The highest BCUT2D eigenvalue weighted by molar-refractivity contribution is 8.13. The van der Waals surface area contributed by atoms with Crippen LogP contribution in [0, 0.1) is 0 Å². The van der Waals surface area contributed by atoms with E-state index < -0.39 is 0 Å². The smallest absolute Gasteiger partial charge is 0.255 e. The molecule has 1 aliphatic heterocycles. The molecule has 4 nitrogen and oxygen atoms in total. The molecule has 3 rings (SSSR count). The summed E-state index contributed by atoms with van der Waals surface area (Å²) in [7, 11) is 0. The number of hydrogen-bond acceptors (Lipinski definition) is 3. The number of amides is 1. The summed E-state index contributed by atoms with van der Waals surface area (Å²) in [5.74, 6) is 0.595. The Morgan fingerprint density at radius 2 is 1.84 bits per heavy atom. The Kier molecular flexibility index (Phi) is 5.20. The van der Waals surface area contributed by atoms with Gasteiger partial charge in [0, 0.05) is 17.0 Å². The third-order valence-corrected chi connectivity index (χ3v) is 5.35. The summed E-state index contributed by atoms with van der Waals surface area (Å²) in [6, 6.07) is 17.0. The molecule has 6 heteroatoms. The number of carbonyl (C=O) groups is 1. The maximum absolute atomic E-state index is 12.4. The average molecular weight is 370 g/mol. The number of nitrogens with one attached hydrogen (secondary N) is 2. The van der Waals surface area contributed by atoms with E-state index in [2.05, 4.69) is 29.5 Å². The van der Waals surface area contributed by atoms with E-state index in [0.717, 1.165) is 16.3 Å². The molecule has 2 aromatic rings. The molecule has 0 radical (unpaired) electrons. The number of nitrogens with zero attached hydrogens (tertiary/aromatic N) is 1. The molecule has 0 atom stereocenters. The highest BCUT2D eigenvalue weighted by Crippen LogP contribution is 2.28. The Morgan fingerprint density at radius 3 is 2.52 bits per heavy atom. The third-order valence-electron chi connectivity index (χ3n) is 3.82. The van der Waals surface area contributed by atoms with Crippen LogP contribution in [0.1, 0.15) is 29.8 Å². The van der Waals surface area contributed by atoms with Crippen LogP contribution in [0.3, 0.4) is 0 Å². The Balaban J connectivity index is 1.72. The zero-order valence-electron chi connectivity index (χ0n) is 14.1. The molecule has 0 saturated carbocycles. The number of rotatable bonds is 4. The molecule has 0 aromatic heterocycles. The molecule has 2 N–H and O–H groups in total. The van der Waals surface area contributed by atoms with Gasteiger partial charge in [-0.3, -0.25) is 4.79 Å². The highest BCUT2D eigenvalue weighted by atomic mass is 32.2. The van der Waals surface area contributed by atoms with Gasteiger partial charge in [-0.2, -0.15) is 0 Å². The van der Waals surface area contributed by atoms with Crippen LogP contribution in [0.4, 0.5) is 5.69 Å². The molecule has 2 aromatic carbocycles. The molecule has 25 heavy (non-hydrogen) atoms. The van der Waals surface area contributed by atoms with E-state index in [1.807, 2.05) is 42.5 Å². The SMILES string of the molecule is CC1(C)NC(=S)N=C1SCc1ccccc1NC(=O)c1ccccc1. The summed E-state index contributed by atoms with van der Waals surface area (Å²) >= 11 is 6.78. The van der Waals surface area contributed by atoms with Crippen molar-refractivity contribution < 1.29 is 4.79 Å². The van der Waals surface area contributed by atoms with Crippen molar-refractivity contribution in [2.75, 3.05) is 5.32 Å². The van der Waals surface area contributed by atoms with E-state index in [4.69, 9.17) is 12.2 Å². The van der Waals surface area contributed by atoms with Crippen LogP contribution < -0.4 is 10.6 Å². The van der Waals surface area contributed by atoms with Crippen molar-refractivity contribution in [2.24, 2.45) is 4.99 Å². The van der Waals surface area contributed by atoms with Gasteiger partial charge in [0.1, 0.15) is 5.04 Å². The van der Waals surface area contributed by atoms with Gasteiger partial charge in [-0.05, 0) is 49.8 Å². The quantitative estimate of drug-likeness (QED) is 0.792. The fourth-order valence-electron chi connectivity index (χ4n) is 2.49. The minimum Gasteiger partial charge on any atom is -0.350 e. The molecule has 0 saturated heterocycles. The van der Waals surface area contributed by atoms with E-state index in [1.54, 1.807) is 23.9 Å². The van der Waals surface area contributed by atoms with Gasteiger partial charge in [0.25, 0.3) is 5.91 Å². The van der Waals surface area contributed by atoms with Crippen molar-refractivity contribution in [1.82, 2.24) is 5.32 Å². The van der Waals surface area contributed by atoms with E-state index in [0.29, 0.717) is 16.4 Å². The van der Waals surface area contributed by atoms with Gasteiger partial charge in [0.2, 0.25) is 0 Å². The predicted molar refractivity (Wildman–Crippen MR) is 109 cm³/mol. The van der Waals surface area contributed by atoms with Crippen LogP contribution in [-0.2, 0) is 5.75 Å². The first-order valence-corrected chi connectivity index (χ1v) is 9.33. The first-order chi connectivity index (χ1) is 12.0. The van der Waals surface area contributed by atoms with Crippen molar-refractivity contribution in [3.05, 3.63) is 65.7 Å². The van der Waals surface area contributed by atoms with Crippen molar-refractivity contribution in [1.29, 1.82) is 0 Å². The van der Waals surface area contributed by atoms with E-state index in [9.17, 15) is 4.79 Å². The first kappa shape index (κ1) is 17.6. The lowest BCUT2D eigenvalue weighted by Gasteiger charge is -2.20. The lowest BCUT2D eigenvalue weighted by molar-refractivity contribution is 0.102. The van der Waals surface area contributed by atoms with E-state index in [-0.39, 0.29) is 11.4 Å². The highest BCUT2D eigenvalue weighted by Gasteiger charge is 2.31. The lowest BCUT2D eigenvalue weighted by Crippen LogP contribution is -2.41. The van der Waals surface area contributed by atoms with Crippen LogP contribution in [-0.4, -0.2) is 21.6 Å². The second-order valence-electron chi connectivity index (χ2n) is 6.24. The Morgan fingerprint density at radius 1 is 1.16 bits per heavy atom. The van der Waals surface area contributed by atoms with Crippen molar-refractivity contribution in [3.8, 4) is 0 Å². The maximum Gasteiger partial charge on any atom is 0.255 e. The van der Waals surface area contributed by atoms with E-state index >= 15 is 0 Å². The van der Waals surface area contributed by atoms with Crippen LogP contribution in [0.2, 0.25) is 0 Å². The molecule has 0 unspecified atom stereocenters. The summed E-state index contributed by atoms with van der Waals surface area (Å²) in [5, 5.41) is 7.67. The fraction of sp³-hybridized carbons (Fsp3) is 0.211. The Labute approximate surface area is 157 Å². The van der Waals surface area contributed by atoms with Gasteiger partial charge in [0.05, 0.1) is 5.54 Å². The number of para-hydroxylation sites is 1. The van der Waals surface area contributed by atoms with Crippen molar-refractivity contribution in [2.45, 2.75) is 25.1 Å². The molecule has 0 aliphatic carbocycles. The number of hydrogen-bond donors (Lipinski definition) is 2. The molecule has 0 bridgehead atoms. The van der Waals surface area contributed by atoms with Gasteiger partial charge in [-0.15, -0.1) is 11.8 Å². The fourth-order valence-corrected chi connectivity index (χ4v) is 4.01. The predicted octanol–water partition coefficient (Wildman–Crippen LogP) is 4.24. The number of anilines is 1. The summed E-state index contributed by atoms with van der Waals surface area (Å²) in [5.41, 5.74) is 2.26. The zero-order chi connectivity index (χ0) is 17.9. The molecule has 1 amide bonds. The minimum absolute atomic E-state index is 0.112. The first-order valence-electron chi connectivity index (χ1n) is 7.94. The van der Waals surface area contributed by atoms with Crippen LogP contribution in [0.25, 0.3) is 0 Å². The maximum atomic E-state index is 12.4. The average Bonchev–Trinajstić information content (AvgIpc) is 2.86. The zero-order valence-corrected chi connectivity index (χ0v) is 15.7. The number of carbonyl (C=O) groups excluding carboxylic acids is 1. The summed E-state index contributed by atoms with van der Waals surface area (Å²) in [6.07, 6.45) is 0. The van der Waals surface area contributed by atoms with Gasteiger partial charge in [-0.25, -0.2) is 4.99 Å². The van der Waals surface area contributed by atoms with Gasteiger partial charge < -0.3 is 10.6 Å². The second kappa shape index (κ2) is 7.37. The van der Waals surface area contributed by atoms with Gasteiger partial charge in [0.15, 0.2) is 5.11 Å². The topological polar surface area (TPSA) is 53.5 Å². The van der Waals surface area contributed by atoms with Crippen LogP contribution in [0.15, 0.2) is 59.6 Å². The van der Waals surface area contributed by atoms with Crippen molar-refractivity contribution in [3.63, 3.8) is 0 Å². The van der Waals surface area contributed by atoms with Gasteiger partial charge >= 0.3 is 0 Å². The molecular formula is C19H19N3OS2. The van der Waals surface area contributed by atoms with Crippen LogP contribution in [0.5, 0.6) is 0 Å². The summed E-state index contributed by atoms with van der Waals surface area (Å²) < 4.78 is 0. The minimum atomic E-state index is -0.246. The molecule has 0 spiro atoms. The largest absolute Gasteiger partial charge is 0.350 e. The molecular weight excluding hydrogens is 350 g/mol. The Hall–Kier alpha value is -2.18. The molecule has 1 aliphatic rings. The standard InChI is InChI=1S/C19H19N3OS2/c1-19(2)17(21-18(24)22-19)25-12-14-10-6-7-11-15(14)20-16(23)13-8-4-3-5-9-13/h3-11H,12H2,1-2H3,(H,20,23)(H,22,24). The number of aliphatic imine (C=N–C) groups is 1. The van der Waals surface area contributed by atoms with Gasteiger partial charge in [-0.1, -0.05) is 36.4 Å².